The van der Waals surface area contributed by atoms with Crippen LogP contribution in [0, 0.1) is 0 Å². The molecule has 7 heteroatoms. The number of nitrogens with two attached hydrogens (primary N) is 1. The summed E-state index contributed by atoms with van der Waals surface area (Å²) in [6, 6.07) is 7.66. The molecule has 0 radical (unpaired) electrons. The molecule has 100 valence electrons. The summed E-state index contributed by atoms with van der Waals surface area (Å²) >= 11 is 6.90. The zero-order chi connectivity index (χ0) is 13.8. The number of benzene rings is 1. The minimum atomic E-state index is 0.231. The lowest BCUT2D eigenvalue weighted by molar-refractivity contribution is 1.12. The average molecular weight is 387 g/mol. The fourth-order valence-corrected chi connectivity index (χ4v) is 2.68. The summed E-state index contributed by atoms with van der Waals surface area (Å²) in [5.74, 6) is 1.58. The van der Waals surface area contributed by atoms with Crippen molar-refractivity contribution in [2.24, 2.45) is 0 Å². The van der Waals surface area contributed by atoms with Gasteiger partial charge in [0.1, 0.15) is 11.6 Å². The third kappa shape index (κ3) is 3.81. The lowest BCUT2D eigenvalue weighted by atomic mass is 10.3. The molecule has 1 heterocycles. The summed E-state index contributed by atoms with van der Waals surface area (Å²) < 4.78 is 1.93. The van der Waals surface area contributed by atoms with Crippen LogP contribution in [-0.4, -0.2) is 16.5 Å². The number of hydrogen-bond acceptors (Lipinski definition) is 5. The van der Waals surface area contributed by atoms with Crippen molar-refractivity contribution in [3.63, 3.8) is 0 Å². The van der Waals surface area contributed by atoms with E-state index >= 15 is 0 Å². The molecule has 2 aromatic rings. The topological polar surface area (TPSA) is 75.9 Å². The lowest BCUT2D eigenvalue weighted by Gasteiger charge is -2.10. The summed E-state index contributed by atoms with van der Waals surface area (Å²) in [7, 11) is 0. The Morgan fingerprint density at radius 2 is 1.89 bits per heavy atom. The van der Waals surface area contributed by atoms with E-state index in [1.807, 2.05) is 31.2 Å². The van der Waals surface area contributed by atoms with Crippen molar-refractivity contribution in [2.45, 2.75) is 6.92 Å². The summed E-state index contributed by atoms with van der Waals surface area (Å²) in [5.41, 5.74) is 6.59. The fraction of sp³-hybridized carbons (Fsp3) is 0.167. The van der Waals surface area contributed by atoms with Gasteiger partial charge in [-0.15, -0.1) is 0 Å². The largest absolute Gasteiger partial charge is 0.370 e. The molecule has 0 aliphatic heterocycles. The first-order valence-corrected chi connectivity index (χ1v) is 7.27. The quantitative estimate of drug-likeness (QED) is 0.745. The molecule has 5 nitrogen and oxygen atoms in total. The van der Waals surface area contributed by atoms with Crippen LogP contribution in [0.4, 0.5) is 23.3 Å². The smallest absolute Gasteiger partial charge is 0.223 e. The van der Waals surface area contributed by atoms with Crippen LogP contribution in [0.25, 0.3) is 0 Å². The van der Waals surface area contributed by atoms with Gasteiger partial charge in [-0.1, -0.05) is 15.9 Å². The fourth-order valence-electron chi connectivity index (χ4n) is 1.53. The maximum absolute atomic E-state index is 5.68. The van der Waals surface area contributed by atoms with E-state index in [-0.39, 0.29) is 5.95 Å². The number of hydrogen-bond donors (Lipinski definition) is 3. The predicted molar refractivity (Wildman–Crippen MR) is 85.7 cm³/mol. The van der Waals surface area contributed by atoms with Crippen LogP contribution in [0.1, 0.15) is 6.92 Å². The maximum Gasteiger partial charge on any atom is 0.223 e. The third-order valence-corrected chi connectivity index (χ3v) is 3.44. The SMILES string of the molecule is CCNc1cc(Nc2ccc(Br)cc2Br)nc(N)n1. The molecular formula is C12H13Br2N5. The van der Waals surface area contributed by atoms with Gasteiger partial charge in [0, 0.05) is 21.6 Å². The highest BCUT2D eigenvalue weighted by molar-refractivity contribution is 9.11. The second kappa shape index (κ2) is 6.21. The zero-order valence-corrected chi connectivity index (χ0v) is 13.4. The molecule has 0 spiro atoms. The van der Waals surface area contributed by atoms with Gasteiger partial charge in [-0.2, -0.15) is 9.97 Å². The molecule has 0 aliphatic carbocycles. The highest BCUT2D eigenvalue weighted by Gasteiger charge is 2.05. The summed E-state index contributed by atoms with van der Waals surface area (Å²) in [5, 5.41) is 6.31. The Balaban J connectivity index is 2.27. The van der Waals surface area contributed by atoms with E-state index in [2.05, 4.69) is 52.5 Å². The molecule has 0 unspecified atom stereocenters. The summed E-state index contributed by atoms with van der Waals surface area (Å²) in [6.45, 7) is 2.77. The number of anilines is 4. The van der Waals surface area contributed by atoms with Crippen LogP contribution in [0.2, 0.25) is 0 Å². The Morgan fingerprint density at radius 3 is 2.58 bits per heavy atom. The Labute approximate surface area is 128 Å². The molecule has 1 aromatic heterocycles. The van der Waals surface area contributed by atoms with E-state index in [4.69, 9.17) is 5.73 Å². The highest BCUT2D eigenvalue weighted by atomic mass is 79.9. The van der Waals surface area contributed by atoms with Gasteiger partial charge in [0.2, 0.25) is 5.95 Å². The van der Waals surface area contributed by atoms with E-state index in [1.165, 1.54) is 0 Å². The van der Waals surface area contributed by atoms with Gasteiger partial charge in [0.05, 0.1) is 5.69 Å². The molecule has 0 atom stereocenters. The van der Waals surface area contributed by atoms with Gasteiger partial charge in [0.15, 0.2) is 0 Å². The van der Waals surface area contributed by atoms with Crippen molar-refractivity contribution in [1.29, 1.82) is 0 Å². The molecule has 0 bridgehead atoms. The first kappa shape index (κ1) is 14.1. The Kier molecular flexibility index (Phi) is 4.60. The first-order valence-electron chi connectivity index (χ1n) is 5.69. The van der Waals surface area contributed by atoms with Crippen LogP contribution >= 0.6 is 31.9 Å². The normalized spacial score (nSPS) is 10.3. The Morgan fingerprint density at radius 1 is 1.16 bits per heavy atom. The van der Waals surface area contributed by atoms with E-state index < -0.39 is 0 Å². The molecule has 4 N–H and O–H groups in total. The van der Waals surface area contributed by atoms with Crippen LogP contribution < -0.4 is 16.4 Å². The van der Waals surface area contributed by atoms with Crippen molar-refractivity contribution in [3.05, 3.63) is 33.2 Å². The second-order valence-corrected chi connectivity index (χ2v) is 5.55. The third-order valence-electron chi connectivity index (χ3n) is 2.30. The number of aromatic nitrogens is 2. The molecule has 0 fully saturated rings. The average Bonchev–Trinajstić information content (AvgIpc) is 2.32. The Hall–Kier alpha value is -1.34. The summed E-state index contributed by atoms with van der Waals surface area (Å²) in [4.78, 5) is 8.26. The van der Waals surface area contributed by atoms with Gasteiger partial charge in [-0.25, -0.2) is 0 Å². The Bertz CT molecular complexity index is 588. The molecular weight excluding hydrogens is 374 g/mol. The van der Waals surface area contributed by atoms with Gasteiger partial charge in [-0.3, -0.25) is 0 Å². The summed E-state index contributed by atoms with van der Waals surface area (Å²) in [6.07, 6.45) is 0. The number of nitrogens with one attached hydrogen (secondary N) is 2. The molecule has 19 heavy (non-hydrogen) atoms. The minimum absolute atomic E-state index is 0.231. The lowest BCUT2D eigenvalue weighted by Crippen LogP contribution is -2.05. The van der Waals surface area contributed by atoms with E-state index in [9.17, 15) is 0 Å². The molecule has 1 aromatic carbocycles. The molecule has 0 saturated heterocycles. The van der Waals surface area contributed by atoms with Crippen LogP contribution in [0.3, 0.4) is 0 Å². The van der Waals surface area contributed by atoms with Gasteiger partial charge >= 0.3 is 0 Å². The van der Waals surface area contributed by atoms with Crippen LogP contribution in [-0.2, 0) is 0 Å². The monoisotopic (exact) mass is 385 g/mol. The van der Waals surface area contributed by atoms with Crippen LogP contribution in [0.5, 0.6) is 0 Å². The molecule has 0 saturated carbocycles. The number of nitrogen functional groups attached to an aromatic ring is 1. The maximum atomic E-state index is 5.68. The van der Waals surface area contributed by atoms with E-state index in [0.29, 0.717) is 11.6 Å². The molecule has 0 aliphatic rings. The first-order chi connectivity index (χ1) is 9.08. The van der Waals surface area contributed by atoms with Crippen molar-refractivity contribution in [1.82, 2.24) is 9.97 Å². The molecule has 0 amide bonds. The van der Waals surface area contributed by atoms with Crippen LogP contribution in [0.15, 0.2) is 33.2 Å². The number of halogens is 2. The molecule has 2 rings (SSSR count). The zero-order valence-electron chi connectivity index (χ0n) is 10.2. The number of rotatable bonds is 4. The predicted octanol–water partition coefficient (Wildman–Crippen LogP) is 3.76. The minimum Gasteiger partial charge on any atom is -0.370 e. The standard InChI is InChI=1S/C12H13Br2N5/c1-2-16-10-6-11(19-12(15)18-10)17-9-4-3-7(13)5-8(9)14/h3-6H,2H2,1H3,(H4,15,16,17,18,19). The van der Waals surface area contributed by atoms with Crippen molar-refractivity contribution in [2.75, 3.05) is 22.9 Å². The highest BCUT2D eigenvalue weighted by Crippen LogP contribution is 2.28. The van der Waals surface area contributed by atoms with Crippen molar-refractivity contribution < 1.29 is 0 Å². The van der Waals surface area contributed by atoms with E-state index in [0.717, 1.165) is 21.2 Å². The van der Waals surface area contributed by atoms with E-state index in [1.54, 1.807) is 0 Å². The van der Waals surface area contributed by atoms with Crippen molar-refractivity contribution >= 4 is 55.1 Å². The second-order valence-electron chi connectivity index (χ2n) is 3.78. The van der Waals surface area contributed by atoms with Gasteiger partial charge < -0.3 is 16.4 Å². The number of nitrogens with zero attached hydrogens (tertiary/aromatic N) is 2. The van der Waals surface area contributed by atoms with Gasteiger partial charge in [-0.05, 0) is 41.1 Å². The van der Waals surface area contributed by atoms with Gasteiger partial charge in [0.25, 0.3) is 0 Å². The van der Waals surface area contributed by atoms with Crippen molar-refractivity contribution in [3.8, 4) is 0 Å².